The van der Waals surface area contributed by atoms with Crippen molar-refractivity contribution in [2.75, 3.05) is 13.6 Å². The lowest BCUT2D eigenvalue weighted by atomic mass is 10.4. The predicted molar refractivity (Wildman–Crippen MR) is 57.3 cm³/mol. The molecule has 1 aromatic heterocycles. The second kappa shape index (κ2) is 5.52. The number of nitrogens with one attached hydrogen (secondary N) is 3. The van der Waals surface area contributed by atoms with Crippen LogP contribution in [0.15, 0.2) is 4.90 Å². The minimum absolute atomic E-state index is 0.0764. The van der Waals surface area contributed by atoms with Gasteiger partial charge in [0.15, 0.2) is 0 Å². The summed E-state index contributed by atoms with van der Waals surface area (Å²) in [6, 6.07) is 0. The highest BCUT2D eigenvalue weighted by atomic mass is 32.2. The maximum atomic E-state index is 12.0. The summed E-state index contributed by atoms with van der Waals surface area (Å²) in [4.78, 5) is -0.0764. The van der Waals surface area contributed by atoms with Gasteiger partial charge in [-0.3, -0.25) is 5.10 Å². The van der Waals surface area contributed by atoms with E-state index in [9.17, 15) is 17.2 Å². The van der Waals surface area contributed by atoms with Crippen molar-refractivity contribution in [1.82, 2.24) is 20.2 Å². The van der Waals surface area contributed by atoms with Crippen LogP contribution in [0, 0.1) is 6.92 Å². The third-order valence-corrected chi connectivity index (χ3v) is 3.63. The van der Waals surface area contributed by atoms with Crippen LogP contribution in [0.3, 0.4) is 0 Å². The summed E-state index contributed by atoms with van der Waals surface area (Å²) < 4.78 is 49.4. The average molecular weight is 268 g/mol. The molecule has 0 aliphatic carbocycles. The Morgan fingerprint density at radius 3 is 2.65 bits per heavy atom. The van der Waals surface area contributed by atoms with Gasteiger partial charge in [0.1, 0.15) is 4.90 Å². The fourth-order valence-corrected chi connectivity index (χ4v) is 2.72. The molecule has 0 aliphatic rings. The van der Waals surface area contributed by atoms with Gasteiger partial charge in [-0.15, -0.1) is 0 Å². The number of sulfonamides is 1. The summed E-state index contributed by atoms with van der Waals surface area (Å²) in [5, 5.41) is 9.08. The van der Waals surface area contributed by atoms with Crippen LogP contribution >= 0.6 is 0 Å². The van der Waals surface area contributed by atoms with E-state index in [0.717, 1.165) is 0 Å². The highest BCUT2D eigenvalue weighted by Gasteiger charge is 2.24. The number of H-pyrrole nitrogens is 1. The van der Waals surface area contributed by atoms with Gasteiger partial charge in [-0.25, -0.2) is 21.9 Å². The predicted octanol–water partition coefficient (Wildman–Crippen LogP) is -0.0191. The molecule has 0 aromatic carbocycles. The van der Waals surface area contributed by atoms with E-state index in [1.807, 2.05) is 4.72 Å². The van der Waals surface area contributed by atoms with Gasteiger partial charge in [-0.2, -0.15) is 5.10 Å². The van der Waals surface area contributed by atoms with E-state index in [2.05, 4.69) is 15.5 Å². The van der Waals surface area contributed by atoms with E-state index in [0.29, 0.717) is 5.69 Å². The number of aryl methyl sites for hydroxylation is 1. The quantitative estimate of drug-likeness (QED) is 0.677. The number of rotatable bonds is 6. The molecular formula is C8H14F2N4O2S. The lowest BCUT2D eigenvalue weighted by Gasteiger charge is -2.07. The van der Waals surface area contributed by atoms with Crippen LogP contribution in [-0.2, 0) is 16.6 Å². The summed E-state index contributed by atoms with van der Waals surface area (Å²) >= 11 is 0. The Morgan fingerprint density at radius 1 is 1.47 bits per heavy atom. The van der Waals surface area contributed by atoms with Crippen molar-refractivity contribution in [3.8, 4) is 0 Å². The molecule has 0 aliphatic heterocycles. The molecule has 9 heteroatoms. The highest BCUT2D eigenvalue weighted by molar-refractivity contribution is 7.89. The maximum absolute atomic E-state index is 12.0. The SMILES string of the molecule is CNCc1n[nH]c(C)c1S(=O)(=O)NCC(F)F. The number of aromatic nitrogens is 2. The minimum Gasteiger partial charge on any atom is -0.314 e. The zero-order chi connectivity index (χ0) is 13.1. The van der Waals surface area contributed by atoms with Crippen LogP contribution in [-0.4, -0.2) is 38.6 Å². The van der Waals surface area contributed by atoms with Gasteiger partial charge in [-0.1, -0.05) is 0 Å². The van der Waals surface area contributed by atoms with Gasteiger partial charge in [0.2, 0.25) is 10.0 Å². The summed E-state index contributed by atoms with van der Waals surface area (Å²) in [5.41, 5.74) is 0.587. The molecule has 1 aromatic rings. The zero-order valence-electron chi connectivity index (χ0n) is 9.42. The Balaban J connectivity index is 3.01. The molecule has 0 bridgehead atoms. The van der Waals surface area contributed by atoms with Crippen molar-refractivity contribution in [3.05, 3.63) is 11.4 Å². The number of alkyl halides is 2. The number of nitrogens with zero attached hydrogens (tertiary/aromatic N) is 1. The fourth-order valence-electron chi connectivity index (χ4n) is 1.36. The molecular weight excluding hydrogens is 254 g/mol. The minimum atomic E-state index is -3.96. The number of halogens is 2. The molecule has 17 heavy (non-hydrogen) atoms. The van der Waals surface area contributed by atoms with Crippen molar-refractivity contribution in [1.29, 1.82) is 0 Å². The Morgan fingerprint density at radius 2 is 2.12 bits per heavy atom. The van der Waals surface area contributed by atoms with E-state index in [4.69, 9.17) is 0 Å². The summed E-state index contributed by atoms with van der Waals surface area (Å²) in [6.45, 7) is 0.838. The topological polar surface area (TPSA) is 86.9 Å². The molecule has 98 valence electrons. The molecule has 1 rings (SSSR count). The lowest BCUT2D eigenvalue weighted by Crippen LogP contribution is -2.30. The largest absolute Gasteiger partial charge is 0.314 e. The molecule has 0 spiro atoms. The van der Waals surface area contributed by atoms with Crippen LogP contribution in [0.4, 0.5) is 8.78 Å². The normalized spacial score (nSPS) is 12.3. The Bertz CT molecular complexity index is 472. The molecule has 6 nitrogen and oxygen atoms in total. The van der Waals surface area contributed by atoms with Crippen molar-refractivity contribution < 1.29 is 17.2 Å². The molecule has 0 saturated heterocycles. The van der Waals surface area contributed by atoms with Gasteiger partial charge in [0.05, 0.1) is 17.9 Å². The number of hydrogen-bond acceptors (Lipinski definition) is 4. The van der Waals surface area contributed by atoms with E-state index >= 15 is 0 Å². The van der Waals surface area contributed by atoms with Crippen molar-refractivity contribution in [3.63, 3.8) is 0 Å². The molecule has 0 atom stereocenters. The van der Waals surface area contributed by atoms with E-state index in [1.165, 1.54) is 6.92 Å². The van der Waals surface area contributed by atoms with E-state index < -0.39 is 23.0 Å². The van der Waals surface area contributed by atoms with Crippen LogP contribution in [0.2, 0.25) is 0 Å². The van der Waals surface area contributed by atoms with Gasteiger partial charge >= 0.3 is 0 Å². The summed E-state index contributed by atoms with van der Waals surface area (Å²) in [7, 11) is -2.33. The second-order valence-electron chi connectivity index (χ2n) is 3.40. The van der Waals surface area contributed by atoms with Crippen molar-refractivity contribution in [2.24, 2.45) is 0 Å². The Labute approximate surface area is 97.8 Å². The first-order chi connectivity index (χ1) is 7.88. The fraction of sp³-hybridized carbons (Fsp3) is 0.625. The molecule has 0 amide bonds. The highest BCUT2D eigenvalue weighted by Crippen LogP contribution is 2.17. The average Bonchev–Trinajstić information content (AvgIpc) is 2.58. The molecule has 0 fully saturated rings. The Kier molecular flexibility index (Phi) is 4.54. The smallest absolute Gasteiger partial charge is 0.251 e. The van der Waals surface area contributed by atoms with Crippen LogP contribution in [0.5, 0.6) is 0 Å². The van der Waals surface area contributed by atoms with Gasteiger partial charge < -0.3 is 5.32 Å². The van der Waals surface area contributed by atoms with Crippen LogP contribution < -0.4 is 10.0 Å². The molecule has 0 radical (unpaired) electrons. The summed E-state index contributed by atoms with van der Waals surface area (Å²) in [6.07, 6.45) is -2.73. The second-order valence-corrected chi connectivity index (χ2v) is 5.10. The van der Waals surface area contributed by atoms with Gasteiger partial charge in [0.25, 0.3) is 6.43 Å². The monoisotopic (exact) mass is 268 g/mol. The maximum Gasteiger partial charge on any atom is 0.251 e. The number of hydrogen-bond donors (Lipinski definition) is 3. The molecule has 3 N–H and O–H groups in total. The number of aromatic amines is 1. The zero-order valence-corrected chi connectivity index (χ0v) is 10.2. The molecule has 0 unspecified atom stereocenters. The molecule has 1 heterocycles. The van der Waals surface area contributed by atoms with E-state index in [-0.39, 0.29) is 17.1 Å². The van der Waals surface area contributed by atoms with Gasteiger partial charge in [-0.05, 0) is 14.0 Å². The van der Waals surface area contributed by atoms with E-state index in [1.54, 1.807) is 7.05 Å². The Hall–Kier alpha value is -1.06. The summed E-state index contributed by atoms with van der Waals surface area (Å²) in [5.74, 6) is 0. The van der Waals surface area contributed by atoms with Crippen LogP contribution in [0.1, 0.15) is 11.4 Å². The first-order valence-electron chi connectivity index (χ1n) is 4.84. The third kappa shape index (κ3) is 3.45. The molecule has 0 saturated carbocycles. The third-order valence-electron chi connectivity index (χ3n) is 2.00. The van der Waals surface area contributed by atoms with Crippen molar-refractivity contribution >= 4 is 10.0 Å². The standard InChI is InChI=1S/C8H14F2N4O2S/c1-5-8(6(3-11-2)14-13-5)17(15,16)12-4-7(9)10/h7,11-12H,3-4H2,1-2H3,(H,13,14). The van der Waals surface area contributed by atoms with Gasteiger partial charge in [0, 0.05) is 6.54 Å². The van der Waals surface area contributed by atoms with Crippen LogP contribution in [0.25, 0.3) is 0 Å². The first-order valence-corrected chi connectivity index (χ1v) is 6.33. The first kappa shape index (κ1) is 14.0. The lowest BCUT2D eigenvalue weighted by molar-refractivity contribution is 0.153. The van der Waals surface area contributed by atoms with Crippen molar-refractivity contribution in [2.45, 2.75) is 24.8 Å².